The molecule has 5 nitrogen and oxygen atoms in total. The van der Waals surface area contributed by atoms with E-state index in [0.29, 0.717) is 18.0 Å². The van der Waals surface area contributed by atoms with E-state index in [0.717, 1.165) is 5.69 Å². The number of rotatable bonds is 2. The van der Waals surface area contributed by atoms with Crippen molar-refractivity contribution >= 4 is 23.2 Å². The minimum absolute atomic E-state index is 0.180. The van der Waals surface area contributed by atoms with Crippen molar-refractivity contribution in [3.05, 3.63) is 18.2 Å². The van der Waals surface area contributed by atoms with Gasteiger partial charge in [0.1, 0.15) is 11.2 Å². The van der Waals surface area contributed by atoms with Gasteiger partial charge in [-0.05, 0) is 32.9 Å². The maximum atomic E-state index is 12.6. The summed E-state index contributed by atoms with van der Waals surface area (Å²) in [5, 5.41) is 0. The molecule has 0 atom stereocenters. The molecule has 1 heterocycles. The van der Waals surface area contributed by atoms with Crippen LogP contribution in [0.4, 0.5) is 11.4 Å². The molecule has 0 unspecified atom stereocenters. The topological polar surface area (TPSA) is 49.9 Å². The molecule has 1 aliphatic rings. The summed E-state index contributed by atoms with van der Waals surface area (Å²) >= 11 is 0. The van der Waals surface area contributed by atoms with Gasteiger partial charge in [-0.2, -0.15) is 0 Å². The minimum Gasteiger partial charge on any atom is -0.497 e. The number of nitrogens with zero attached hydrogens (tertiary/aromatic N) is 2. The van der Waals surface area contributed by atoms with Gasteiger partial charge < -0.3 is 14.5 Å². The van der Waals surface area contributed by atoms with E-state index in [2.05, 4.69) is 0 Å². The molecule has 1 aliphatic heterocycles. The molecule has 0 bridgehead atoms. The van der Waals surface area contributed by atoms with Crippen LogP contribution in [-0.4, -0.2) is 32.5 Å². The number of methoxy groups -OCH3 is 1. The van der Waals surface area contributed by atoms with Gasteiger partial charge in [-0.25, -0.2) is 0 Å². The predicted molar refractivity (Wildman–Crippen MR) is 78.2 cm³/mol. The van der Waals surface area contributed by atoms with E-state index in [4.69, 9.17) is 4.74 Å². The number of benzene rings is 1. The lowest BCUT2D eigenvalue weighted by Crippen LogP contribution is -2.47. The summed E-state index contributed by atoms with van der Waals surface area (Å²) in [7, 11) is 3.27. The van der Waals surface area contributed by atoms with Gasteiger partial charge in [-0.3, -0.25) is 9.59 Å². The number of ether oxygens (including phenoxy) is 1. The van der Waals surface area contributed by atoms with Crippen LogP contribution in [0.15, 0.2) is 18.2 Å². The molecule has 0 radical (unpaired) electrons. The molecular weight excluding hydrogens is 256 g/mol. The van der Waals surface area contributed by atoms with Crippen LogP contribution in [0, 0.1) is 5.41 Å². The van der Waals surface area contributed by atoms with Gasteiger partial charge in [0.15, 0.2) is 0 Å². The maximum absolute atomic E-state index is 12.6. The van der Waals surface area contributed by atoms with Crippen molar-refractivity contribution in [3.8, 4) is 5.75 Å². The Labute approximate surface area is 119 Å². The van der Waals surface area contributed by atoms with Crippen LogP contribution in [0.3, 0.4) is 0 Å². The van der Waals surface area contributed by atoms with E-state index >= 15 is 0 Å². The number of carbonyl (C=O) groups excluding carboxylic acids is 2. The maximum Gasteiger partial charge on any atom is 0.242 e. The average molecular weight is 276 g/mol. The van der Waals surface area contributed by atoms with Gasteiger partial charge in [0, 0.05) is 19.7 Å². The normalized spacial score (nSPS) is 17.9. The lowest BCUT2D eigenvalue weighted by molar-refractivity contribution is -0.137. The van der Waals surface area contributed by atoms with Crippen molar-refractivity contribution in [2.75, 3.05) is 30.5 Å². The van der Waals surface area contributed by atoms with Crippen molar-refractivity contribution in [2.45, 2.75) is 20.8 Å². The molecule has 0 saturated heterocycles. The third-order valence-electron chi connectivity index (χ3n) is 3.77. The summed E-state index contributed by atoms with van der Waals surface area (Å²) in [6.45, 7) is 5.75. The molecule has 2 rings (SSSR count). The van der Waals surface area contributed by atoms with E-state index in [1.165, 1.54) is 4.90 Å². The summed E-state index contributed by atoms with van der Waals surface area (Å²) in [6.07, 6.45) is 0. The van der Waals surface area contributed by atoms with Crippen LogP contribution in [0.2, 0.25) is 0 Å². The number of anilines is 2. The fourth-order valence-corrected chi connectivity index (χ4v) is 2.51. The van der Waals surface area contributed by atoms with Gasteiger partial charge in [-0.1, -0.05) is 0 Å². The second-order valence-corrected chi connectivity index (χ2v) is 5.39. The summed E-state index contributed by atoms with van der Waals surface area (Å²) < 4.78 is 5.21. The molecule has 0 fully saturated rings. The molecule has 0 aliphatic carbocycles. The lowest BCUT2D eigenvalue weighted by Gasteiger charge is -2.27. The number of hydrogen-bond donors (Lipinski definition) is 0. The first-order chi connectivity index (χ1) is 9.34. The number of carbonyl (C=O) groups is 2. The highest BCUT2D eigenvalue weighted by Gasteiger charge is 2.45. The molecule has 0 saturated carbocycles. The van der Waals surface area contributed by atoms with E-state index < -0.39 is 5.41 Å². The van der Waals surface area contributed by atoms with E-state index in [1.807, 2.05) is 13.0 Å². The van der Waals surface area contributed by atoms with Gasteiger partial charge in [-0.15, -0.1) is 0 Å². The highest BCUT2D eigenvalue weighted by atomic mass is 16.5. The predicted octanol–water partition coefficient (Wildman–Crippen LogP) is 2.05. The fourth-order valence-electron chi connectivity index (χ4n) is 2.51. The van der Waals surface area contributed by atoms with Crippen LogP contribution < -0.4 is 14.5 Å². The monoisotopic (exact) mass is 276 g/mol. The Bertz CT molecular complexity index is 566. The minimum atomic E-state index is -1.07. The summed E-state index contributed by atoms with van der Waals surface area (Å²) in [5.74, 6) is 0.264. The first-order valence-electron chi connectivity index (χ1n) is 6.62. The molecule has 1 aromatic carbocycles. The molecule has 2 amide bonds. The van der Waals surface area contributed by atoms with Crippen molar-refractivity contribution in [1.29, 1.82) is 0 Å². The zero-order chi connectivity index (χ0) is 15.1. The molecule has 5 heteroatoms. The Morgan fingerprint density at radius 2 is 1.80 bits per heavy atom. The Morgan fingerprint density at radius 1 is 1.15 bits per heavy atom. The average Bonchev–Trinajstić information content (AvgIpc) is 2.50. The summed E-state index contributed by atoms with van der Waals surface area (Å²) in [4.78, 5) is 28.3. The lowest BCUT2D eigenvalue weighted by atomic mass is 9.90. The van der Waals surface area contributed by atoms with Crippen LogP contribution in [0.5, 0.6) is 5.75 Å². The second kappa shape index (κ2) is 4.81. The molecular formula is C15H20N2O3. The molecule has 1 aromatic rings. The third kappa shape index (κ3) is 1.94. The second-order valence-electron chi connectivity index (χ2n) is 5.39. The van der Waals surface area contributed by atoms with Crippen molar-refractivity contribution in [2.24, 2.45) is 5.41 Å². The quantitative estimate of drug-likeness (QED) is 0.777. The molecule has 0 N–H and O–H groups in total. The number of amides is 2. The third-order valence-corrected chi connectivity index (χ3v) is 3.77. The Hall–Kier alpha value is -2.04. The van der Waals surface area contributed by atoms with E-state index in [1.54, 1.807) is 45.0 Å². The Morgan fingerprint density at radius 3 is 2.35 bits per heavy atom. The van der Waals surface area contributed by atoms with Crippen LogP contribution >= 0.6 is 0 Å². The molecule has 0 aromatic heterocycles. The smallest absolute Gasteiger partial charge is 0.242 e. The molecule has 0 spiro atoms. The fraction of sp³-hybridized carbons (Fsp3) is 0.467. The standard InChI is InChI=1S/C15H20N2O3/c1-6-17-11-8-7-10(20-5)9-12(11)16(4)13(18)15(2,3)14(17)19/h7-9H,6H2,1-5H3. The Kier molecular flexibility index (Phi) is 3.46. The van der Waals surface area contributed by atoms with Crippen LogP contribution in [0.1, 0.15) is 20.8 Å². The molecule has 108 valence electrons. The van der Waals surface area contributed by atoms with Gasteiger partial charge in [0.05, 0.1) is 18.5 Å². The Balaban J connectivity index is 2.69. The molecule has 20 heavy (non-hydrogen) atoms. The van der Waals surface area contributed by atoms with Gasteiger partial charge >= 0.3 is 0 Å². The highest BCUT2D eigenvalue weighted by Crippen LogP contribution is 2.39. The first-order valence-corrected chi connectivity index (χ1v) is 6.62. The van der Waals surface area contributed by atoms with E-state index in [-0.39, 0.29) is 11.8 Å². The van der Waals surface area contributed by atoms with Gasteiger partial charge in [0.2, 0.25) is 11.8 Å². The summed E-state index contributed by atoms with van der Waals surface area (Å²) in [5.41, 5.74) is 0.353. The zero-order valence-electron chi connectivity index (χ0n) is 12.6. The number of fused-ring (bicyclic) bond motifs is 1. The van der Waals surface area contributed by atoms with Gasteiger partial charge in [0.25, 0.3) is 0 Å². The van der Waals surface area contributed by atoms with Crippen molar-refractivity contribution in [1.82, 2.24) is 0 Å². The SMILES string of the molecule is CCN1C(=O)C(C)(C)C(=O)N(C)c2cc(OC)ccc21. The van der Waals surface area contributed by atoms with Crippen LogP contribution in [0.25, 0.3) is 0 Å². The highest BCUT2D eigenvalue weighted by molar-refractivity contribution is 6.19. The van der Waals surface area contributed by atoms with E-state index in [9.17, 15) is 9.59 Å². The zero-order valence-corrected chi connectivity index (χ0v) is 12.6. The summed E-state index contributed by atoms with van der Waals surface area (Å²) in [6, 6.07) is 5.40. The van der Waals surface area contributed by atoms with Crippen molar-refractivity contribution < 1.29 is 14.3 Å². The largest absolute Gasteiger partial charge is 0.497 e. The first kappa shape index (κ1) is 14.4. The van der Waals surface area contributed by atoms with Crippen molar-refractivity contribution in [3.63, 3.8) is 0 Å². The van der Waals surface area contributed by atoms with Crippen LogP contribution in [-0.2, 0) is 9.59 Å². The number of hydrogen-bond acceptors (Lipinski definition) is 3.